The molecule has 1 fully saturated rings. The topological polar surface area (TPSA) is 144 Å². The number of rotatable bonds is 17. The zero-order valence-electron chi connectivity index (χ0n) is 26.3. The van der Waals surface area contributed by atoms with E-state index in [1.807, 2.05) is 32.7 Å². The molecule has 242 valence electrons. The van der Waals surface area contributed by atoms with E-state index in [0.717, 1.165) is 13.1 Å². The minimum atomic E-state index is -0.602. The maximum absolute atomic E-state index is 13.3. The Balaban J connectivity index is 1.74. The van der Waals surface area contributed by atoms with E-state index in [-0.39, 0.29) is 36.5 Å². The predicted octanol–water partition coefficient (Wildman–Crippen LogP) is 1.31. The highest BCUT2D eigenvalue weighted by molar-refractivity contribution is 5.99. The minimum absolute atomic E-state index is 0.0898. The first-order chi connectivity index (χ1) is 20.4. The van der Waals surface area contributed by atoms with Crippen molar-refractivity contribution in [2.24, 2.45) is 5.73 Å². The molecule has 0 atom stereocenters. The monoisotopic (exact) mass is 607 g/mol. The molecule has 1 aliphatic rings. The quantitative estimate of drug-likeness (QED) is 0.205. The fourth-order valence-electron chi connectivity index (χ4n) is 4.16. The number of likely N-dealkylation sites (N-methyl/N-ethyl adjacent to an activating group) is 2. The van der Waals surface area contributed by atoms with Crippen LogP contribution in [0.25, 0.3) is 0 Å². The van der Waals surface area contributed by atoms with Crippen molar-refractivity contribution in [3.05, 3.63) is 35.4 Å². The summed E-state index contributed by atoms with van der Waals surface area (Å²) >= 11 is 0. The smallest absolute Gasteiger partial charge is 0.320 e. The van der Waals surface area contributed by atoms with Crippen LogP contribution in [0.1, 0.15) is 47.9 Å². The third kappa shape index (κ3) is 14.2. The molecule has 43 heavy (non-hydrogen) atoms. The number of primary amides is 1. The maximum atomic E-state index is 13.3. The Morgan fingerprint density at radius 3 is 2.02 bits per heavy atom. The van der Waals surface area contributed by atoms with Crippen molar-refractivity contribution >= 4 is 23.8 Å². The molecule has 0 bridgehead atoms. The Kier molecular flexibility index (Phi) is 15.4. The molecule has 0 aliphatic carbocycles. The molecule has 4 amide bonds. The lowest BCUT2D eigenvalue weighted by molar-refractivity contribution is -0.156. The first-order valence-corrected chi connectivity index (χ1v) is 14.7. The van der Waals surface area contributed by atoms with Gasteiger partial charge in [-0.2, -0.15) is 0 Å². The Morgan fingerprint density at radius 2 is 1.42 bits per heavy atom. The number of urea groups is 1. The number of nitrogens with zero attached hydrogens (tertiary/aromatic N) is 4. The Hall–Kier alpha value is -3.26. The lowest BCUT2D eigenvalue weighted by Gasteiger charge is -2.36. The molecule has 2 N–H and O–H groups in total. The first-order valence-electron chi connectivity index (χ1n) is 14.7. The summed E-state index contributed by atoms with van der Waals surface area (Å²) in [6.07, 6.45) is 0.191. The highest BCUT2D eigenvalue weighted by Crippen LogP contribution is 2.10. The predicted molar refractivity (Wildman–Crippen MR) is 161 cm³/mol. The number of ether oxygens (including phenoxy) is 4. The normalized spacial score (nSPS) is 13.9. The van der Waals surface area contributed by atoms with Crippen LogP contribution >= 0.6 is 0 Å². The Labute approximate surface area is 255 Å². The average molecular weight is 608 g/mol. The van der Waals surface area contributed by atoms with Crippen LogP contribution in [0.3, 0.4) is 0 Å². The summed E-state index contributed by atoms with van der Waals surface area (Å²) in [4.78, 5) is 56.7. The van der Waals surface area contributed by atoms with Gasteiger partial charge in [0, 0.05) is 64.0 Å². The molecule has 2 rings (SSSR count). The third-order valence-corrected chi connectivity index (χ3v) is 6.61. The van der Waals surface area contributed by atoms with Crippen molar-refractivity contribution in [2.45, 2.75) is 32.8 Å². The van der Waals surface area contributed by atoms with Crippen LogP contribution in [0.2, 0.25) is 0 Å². The van der Waals surface area contributed by atoms with E-state index in [1.54, 1.807) is 30.1 Å². The van der Waals surface area contributed by atoms with Crippen LogP contribution in [0.15, 0.2) is 24.3 Å². The van der Waals surface area contributed by atoms with Crippen LogP contribution in [0.4, 0.5) is 4.79 Å². The summed E-state index contributed by atoms with van der Waals surface area (Å²) in [5.74, 6) is -1.16. The second-order valence-electron chi connectivity index (χ2n) is 11.4. The summed E-state index contributed by atoms with van der Waals surface area (Å²) in [6.45, 7) is 11.3. The van der Waals surface area contributed by atoms with E-state index in [0.29, 0.717) is 71.3 Å². The van der Waals surface area contributed by atoms with E-state index in [1.165, 1.54) is 11.0 Å². The fourth-order valence-corrected chi connectivity index (χ4v) is 4.16. The molecule has 1 aliphatic heterocycles. The molecule has 0 radical (unpaired) electrons. The van der Waals surface area contributed by atoms with Gasteiger partial charge in [-0.15, -0.1) is 0 Å². The lowest BCUT2D eigenvalue weighted by Crippen LogP contribution is -2.53. The van der Waals surface area contributed by atoms with Gasteiger partial charge in [0.05, 0.1) is 46.1 Å². The minimum Gasteiger partial charge on any atom is -0.460 e. The molecule has 1 saturated heterocycles. The second-order valence-corrected chi connectivity index (χ2v) is 11.4. The van der Waals surface area contributed by atoms with Gasteiger partial charge >= 0.3 is 12.0 Å². The zero-order valence-corrected chi connectivity index (χ0v) is 26.3. The van der Waals surface area contributed by atoms with Crippen molar-refractivity contribution in [1.29, 1.82) is 0 Å². The van der Waals surface area contributed by atoms with E-state index >= 15 is 0 Å². The van der Waals surface area contributed by atoms with Gasteiger partial charge in [-0.1, -0.05) is 6.07 Å². The molecule has 0 spiro atoms. The number of carbonyl (C=O) groups is 4. The zero-order chi connectivity index (χ0) is 31.8. The SMILES string of the molecule is CN1CCN(C(=O)N(CCOCCOCCOCCC(=O)OC(C)(C)C)CCN(C)C(=O)c2cccc(C(N)=O)c2)CC1. The molecule has 0 aromatic heterocycles. The maximum Gasteiger partial charge on any atom is 0.320 e. The standard InChI is InChI=1S/C30H49N5O8/c1-30(2,3)43-26(36)9-17-40-19-21-42-22-20-41-18-16-35(29(39)34-13-10-32(4)11-14-34)15-12-33(5)28(38)25-8-6-7-24(23-25)27(31)37/h6-8,23H,9-22H2,1-5H3,(H2,31,37). The van der Waals surface area contributed by atoms with Gasteiger partial charge in [0.2, 0.25) is 5.91 Å². The number of amides is 4. The summed E-state index contributed by atoms with van der Waals surface area (Å²) < 4.78 is 21.9. The van der Waals surface area contributed by atoms with Gasteiger partial charge in [-0.25, -0.2) is 4.79 Å². The number of nitrogens with two attached hydrogens (primary N) is 1. The number of carbonyl (C=O) groups excluding carboxylic acids is 4. The average Bonchev–Trinajstić information content (AvgIpc) is 2.96. The number of hydrogen-bond donors (Lipinski definition) is 1. The molecule has 0 unspecified atom stereocenters. The lowest BCUT2D eigenvalue weighted by atomic mass is 10.1. The van der Waals surface area contributed by atoms with Crippen LogP contribution in [0.5, 0.6) is 0 Å². The van der Waals surface area contributed by atoms with Crippen molar-refractivity contribution in [3.8, 4) is 0 Å². The molecular weight excluding hydrogens is 558 g/mol. The van der Waals surface area contributed by atoms with Gasteiger partial charge in [0.25, 0.3) is 5.91 Å². The van der Waals surface area contributed by atoms with Crippen LogP contribution in [-0.2, 0) is 23.7 Å². The van der Waals surface area contributed by atoms with Crippen LogP contribution < -0.4 is 5.73 Å². The van der Waals surface area contributed by atoms with Crippen LogP contribution in [-0.4, -0.2) is 149 Å². The van der Waals surface area contributed by atoms with Gasteiger partial charge in [0.15, 0.2) is 0 Å². The molecule has 1 aromatic carbocycles. The highest BCUT2D eigenvalue weighted by atomic mass is 16.6. The molecule has 13 nitrogen and oxygen atoms in total. The molecule has 1 heterocycles. The molecule has 1 aromatic rings. The highest BCUT2D eigenvalue weighted by Gasteiger charge is 2.25. The van der Waals surface area contributed by atoms with Crippen molar-refractivity contribution in [1.82, 2.24) is 19.6 Å². The largest absolute Gasteiger partial charge is 0.460 e. The first kappa shape index (κ1) is 35.9. The Bertz CT molecular complexity index is 1040. The third-order valence-electron chi connectivity index (χ3n) is 6.61. The van der Waals surface area contributed by atoms with E-state index in [2.05, 4.69) is 4.90 Å². The van der Waals surface area contributed by atoms with Crippen molar-refractivity contribution < 1.29 is 38.1 Å². The van der Waals surface area contributed by atoms with Crippen molar-refractivity contribution in [2.75, 3.05) is 99.5 Å². The second kappa shape index (κ2) is 18.4. The summed E-state index contributed by atoms with van der Waals surface area (Å²) in [5, 5.41) is 0. The van der Waals surface area contributed by atoms with Gasteiger partial charge in [-0.05, 0) is 46.0 Å². The summed E-state index contributed by atoms with van der Waals surface area (Å²) in [7, 11) is 3.69. The van der Waals surface area contributed by atoms with Crippen molar-refractivity contribution in [3.63, 3.8) is 0 Å². The van der Waals surface area contributed by atoms with Gasteiger partial charge in [0.1, 0.15) is 5.60 Å². The number of hydrogen-bond acceptors (Lipinski definition) is 9. The van der Waals surface area contributed by atoms with Crippen LogP contribution in [0, 0.1) is 0 Å². The van der Waals surface area contributed by atoms with E-state index in [4.69, 9.17) is 24.7 Å². The fraction of sp³-hybridized carbons (Fsp3) is 0.667. The molecule has 13 heteroatoms. The molecular formula is C30H49N5O8. The van der Waals surface area contributed by atoms with E-state index < -0.39 is 11.5 Å². The number of piperazine rings is 1. The number of esters is 1. The summed E-state index contributed by atoms with van der Waals surface area (Å²) in [6, 6.07) is 6.19. The molecule has 0 saturated carbocycles. The van der Waals surface area contributed by atoms with Gasteiger partial charge < -0.3 is 44.3 Å². The van der Waals surface area contributed by atoms with E-state index in [9.17, 15) is 19.2 Å². The summed E-state index contributed by atoms with van der Waals surface area (Å²) in [5.41, 5.74) is 5.46. The Morgan fingerprint density at radius 1 is 0.837 bits per heavy atom. The number of benzene rings is 1. The van der Waals surface area contributed by atoms with Gasteiger partial charge in [-0.3, -0.25) is 14.4 Å².